The van der Waals surface area contributed by atoms with Crippen LogP contribution in [0, 0.1) is 13.8 Å². The van der Waals surface area contributed by atoms with Gasteiger partial charge in [0.2, 0.25) is 0 Å². The van der Waals surface area contributed by atoms with E-state index >= 15 is 0 Å². The molecule has 5 rings (SSSR count). The molecule has 4 heteroatoms. The average Bonchev–Trinajstić information content (AvgIpc) is 3.08. The quantitative estimate of drug-likeness (QED) is 0.614. The molecule has 1 unspecified atom stereocenters. The van der Waals surface area contributed by atoms with Crippen LogP contribution in [-0.4, -0.2) is 35.5 Å². The van der Waals surface area contributed by atoms with Crippen molar-refractivity contribution in [3.63, 3.8) is 0 Å². The summed E-state index contributed by atoms with van der Waals surface area (Å²) >= 11 is 0. The van der Waals surface area contributed by atoms with E-state index in [9.17, 15) is 5.11 Å². The topological polar surface area (TPSA) is 38.8 Å². The number of aromatic nitrogens is 1. The lowest BCUT2D eigenvalue weighted by molar-refractivity contribution is -0.939. The third kappa shape index (κ3) is 3.84. The first-order valence-corrected chi connectivity index (χ1v) is 12.3. The highest BCUT2D eigenvalue weighted by Gasteiger charge is 2.38. The molecule has 3 aromatic rings. The second kappa shape index (κ2) is 8.57. The Kier molecular flexibility index (Phi) is 5.77. The lowest BCUT2D eigenvalue weighted by atomic mass is 9.89. The number of aliphatic hydroxyl groups excluding tert-OH is 1. The van der Waals surface area contributed by atoms with E-state index in [2.05, 4.69) is 68.7 Å². The highest BCUT2D eigenvalue weighted by Crippen LogP contribution is 2.37. The Bertz CT molecular complexity index is 1130. The van der Waals surface area contributed by atoms with Gasteiger partial charge in [0, 0.05) is 17.3 Å². The standard InChI is InChI=1S/C28H36N2O2/c1-18(2)22-10-8-20(4)15-27(22)32-17-21(31)16-29-12-13-30-25-11-9-19(3)14-24(25)23-6-5-7-26(29)28(23)30/h8-11,14-15,18,21,26,31H,5-7,12-13,16-17H2,1-4H3/p+1/t21-,26+/m0/s1. The SMILES string of the molecule is Cc1ccc(C(C)C)c(OC[C@@H](O)C[NH+]2CCn3c4c(c5cc(C)ccc53)CCC[C@H]42)c1. The third-order valence-electron chi connectivity index (χ3n) is 7.49. The van der Waals surface area contributed by atoms with Gasteiger partial charge in [0.05, 0.1) is 18.8 Å². The van der Waals surface area contributed by atoms with Crippen molar-refractivity contribution in [2.75, 3.05) is 19.7 Å². The number of nitrogens with one attached hydrogen (secondary N) is 1. The maximum absolute atomic E-state index is 10.9. The minimum atomic E-state index is -0.464. The predicted octanol–water partition coefficient (Wildman–Crippen LogP) is 4.10. The summed E-state index contributed by atoms with van der Waals surface area (Å²) in [7, 11) is 0. The van der Waals surface area contributed by atoms with Crippen LogP contribution in [0.3, 0.4) is 0 Å². The van der Waals surface area contributed by atoms with Crippen molar-refractivity contribution in [3.05, 3.63) is 64.3 Å². The van der Waals surface area contributed by atoms with Crippen molar-refractivity contribution < 1.29 is 14.7 Å². The third-order valence-corrected chi connectivity index (χ3v) is 7.49. The Morgan fingerprint density at radius 3 is 2.72 bits per heavy atom. The van der Waals surface area contributed by atoms with Gasteiger partial charge in [-0.2, -0.15) is 0 Å². The summed E-state index contributed by atoms with van der Waals surface area (Å²) in [6.45, 7) is 11.8. The number of ether oxygens (including phenoxy) is 1. The fourth-order valence-electron chi connectivity index (χ4n) is 5.94. The minimum Gasteiger partial charge on any atom is -0.490 e. The average molecular weight is 434 g/mol. The molecule has 2 aromatic carbocycles. The van der Waals surface area contributed by atoms with E-state index in [1.165, 1.54) is 57.4 Å². The molecule has 0 radical (unpaired) electrons. The Morgan fingerprint density at radius 2 is 1.91 bits per heavy atom. The summed E-state index contributed by atoms with van der Waals surface area (Å²) in [4.78, 5) is 1.52. The van der Waals surface area contributed by atoms with Gasteiger partial charge in [-0.1, -0.05) is 37.6 Å². The molecule has 2 aliphatic rings. The van der Waals surface area contributed by atoms with Crippen LogP contribution in [0.2, 0.25) is 0 Å². The molecular formula is C28H37N2O2+. The first-order valence-electron chi connectivity index (χ1n) is 12.3. The molecule has 32 heavy (non-hydrogen) atoms. The van der Waals surface area contributed by atoms with Gasteiger partial charge in [-0.3, -0.25) is 0 Å². The molecule has 3 atom stereocenters. The molecule has 0 amide bonds. The summed E-state index contributed by atoms with van der Waals surface area (Å²) < 4.78 is 8.72. The summed E-state index contributed by atoms with van der Waals surface area (Å²) in [6.07, 6.45) is 3.17. The largest absolute Gasteiger partial charge is 0.490 e. The van der Waals surface area contributed by atoms with Crippen molar-refractivity contribution in [1.82, 2.24) is 4.57 Å². The Morgan fingerprint density at radius 1 is 1.12 bits per heavy atom. The van der Waals surface area contributed by atoms with E-state index < -0.39 is 6.10 Å². The van der Waals surface area contributed by atoms with Crippen molar-refractivity contribution >= 4 is 10.9 Å². The van der Waals surface area contributed by atoms with Crippen molar-refractivity contribution in [2.45, 2.75) is 71.6 Å². The Hall–Kier alpha value is -2.30. The van der Waals surface area contributed by atoms with E-state index in [-0.39, 0.29) is 0 Å². The number of hydrogen-bond donors (Lipinski definition) is 2. The molecule has 1 aliphatic heterocycles. The molecule has 1 aromatic heterocycles. The van der Waals surface area contributed by atoms with Crippen molar-refractivity contribution in [2.24, 2.45) is 0 Å². The second-order valence-corrected chi connectivity index (χ2v) is 10.3. The number of aliphatic hydroxyl groups is 1. The number of aryl methyl sites for hydroxylation is 3. The first kappa shape index (κ1) is 21.5. The van der Waals surface area contributed by atoms with E-state index in [4.69, 9.17) is 4.74 Å². The van der Waals surface area contributed by atoms with Gasteiger partial charge in [0.25, 0.3) is 0 Å². The minimum absolute atomic E-state index is 0.356. The zero-order valence-corrected chi connectivity index (χ0v) is 19.9. The summed E-state index contributed by atoms with van der Waals surface area (Å²) in [5.74, 6) is 1.32. The highest BCUT2D eigenvalue weighted by molar-refractivity contribution is 5.86. The normalized spacial score (nSPS) is 21.1. The highest BCUT2D eigenvalue weighted by atomic mass is 16.5. The van der Waals surface area contributed by atoms with E-state index in [0.29, 0.717) is 18.6 Å². The Balaban J connectivity index is 1.33. The molecule has 0 saturated heterocycles. The zero-order valence-electron chi connectivity index (χ0n) is 19.9. The predicted molar refractivity (Wildman–Crippen MR) is 130 cm³/mol. The molecular weight excluding hydrogens is 396 g/mol. The van der Waals surface area contributed by atoms with Gasteiger partial charge < -0.3 is 19.3 Å². The fraction of sp³-hybridized carbons (Fsp3) is 0.500. The molecule has 2 N–H and O–H groups in total. The van der Waals surface area contributed by atoms with Gasteiger partial charge in [-0.05, 0) is 67.5 Å². The Labute approximate surface area is 191 Å². The van der Waals surface area contributed by atoms with Crippen LogP contribution in [0.15, 0.2) is 36.4 Å². The van der Waals surface area contributed by atoms with Crippen molar-refractivity contribution in [3.8, 4) is 5.75 Å². The smallest absolute Gasteiger partial charge is 0.137 e. The molecule has 0 bridgehead atoms. The molecule has 2 heterocycles. The summed E-state index contributed by atoms with van der Waals surface area (Å²) in [5, 5.41) is 12.4. The first-order chi connectivity index (χ1) is 15.4. The summed E-state index contributed by atoms with van der Waals surface area (Å²) in [5.41, 5.74) is 8.24. The van der Waals surface area contributed by atoms with Crippen LogP contribution in [0.25, 0.3) is 10.9 Å². The number of nitrogens with zero attached hydrogens (tertiary/aromatic N) is 1. The number of rotatable bonds is 6. The molecule has 0 fully saturated rings. The van der Waals surface area contributed by atoms with Gasteiger partial charge >= 0.3 is 0 Å². The molecule has 4 nitrogen and oxygen atoms in total. The van der Waals surface area contributed by atoms with Gasteiger partial charge in [-0.25, -0.2) is 0 Å². The molecule has 0 saturated carbocycles. The monoisotopic (exact) mass is 433 g/mol. The molecule has 170 valence electrons. The van der Waals surface area contributed by atoms with Gasteiger partial charge in [0.1, 0.15) is 31.0 Å². The molecule has 1 aliphatic carbocycles. The molecule has 0 spiro atoms. The van der Waals surface area contributed by atoms with Crippen LogP contribution < -0.4 is 9.64 Å². The summed E-state index contributed by atoms with van der Waals surface area (Å²) in [6, 6.07) is 13.8. The van der Waals surface area contributed by atoms with Gasteiger partial charge in [0.15, 0.2) is 0 Å². The van der Waals surface area contributed by atoms with Gasteiger partial charge in [-0.15, -0.1) is 0 Å². The number of benzene rings is 2. The van der Waals surface area contributed by atoms with Crippen LogP contribution >= 0.6 is 0 Å². The lowest BCUT2D eigenvalue weighted by Crippen LogP contribution is -3.14. The lowest BCUT2D eigenvalue weighted by Gasteiger charge is -2.37. The van der Waals surface area contributed by atoms with Crippen LogP contribution in [0.1, 0.15) is 66.6 Å². The second-order valence-electron chi connectivity index (χ2n) is 10.3. The van der Waals surface area contributed by atoms with Crippen molar-refractivity contribution in [1.29, 1.82) is 0 Å². The van der Waals surface area contributed by atoms with Crippen LogP contribution in [0.4, 0.5) is 0 Å². The van der Waals surface area contributed by atoms with E-state index in [1.54, 1.807) is 5.56 Å². The van der Waals surface area contributed by atoms with E-state index in [0.717, 1.165) is 25.4 Å². The fourth-order valence-corrected chi connectivity index (χ4v) is 5.94. The van der Waals surface area contributed by atoms with E-state index in [1.807, 2.05) is 0 Å². The number of fused-ring (bicyclic) bond motifs is 3. The van der Waals surface area contributed by atoms with Crippen LogP contribution in [0.5, 0.6) is 5.75 Å². The van der Waals surface area contributed by atoms with Crippen LogP contribution in [-0.2, 0) is 13.0 Å². The number of quaternary nitrogens is 1. The maximum atomic E-state index is 10.9. The number of hydrogen-bond acceptors (Lipinski definition) is 2. The zero-order chi connectivity index (χ0) is 22.4. The maximum Gasteiger partial charge on any atom is 0.137 e.